The van der Waals surface area contributed by atoms with E-state index >= 15 is 0 Å². The van der Waals surface area contributed by atoms with E-state index in [-0.39, 0.29) is 23.0 Å². The Balaban J connectivity index is 1.71. The Kier molecular flexibility index (Phi) is 7.18. The maximum absolute atomic E-state index is 13.1. The first kappa shape index (κ1) is 22.0. The van der Waals surface area contributed by atoms with Crippen molar-refractivity contribution in [1.82, 2.24) is 19.7 Å². The number of piperidine rings is 1. The second-order valence-corrected chi connectivity index (χ2v) is 9.65. The molecule has 0 saturated carbocycles. The first-order valence-electron chi connectivity index (χ1n) is 10.4. The van der Waals surface area contributed by atoms with E-state index in [1.54, 1.807) is 13.8 Å². The summed E-state index contributed by atoms with van der Waals surface area (Å²) in [5, 5.41) is 6.78. The number of urea groups is 1. The molecule has 1 aromatic rings. The van der Waals surface area contributed by atoms with Crippen molar-refractivity contribution in [2.24, 2.45) is 0 Å². The van der Waals surface area contributed by atoms with Crippen LogP contribution in [0.1, 0.15) is 50.5 Å². The molecule has 0 aliphatic carbocycles. The summed E-state index contributed by atoms with van der Waals surface area (Å²) in [5.74, 6) is 0.312. The van der Waals surface area contributed by atoms with Crippen LogP contribution in [0.3, 0.4) is 0 Å². The van der Waals surface area contributed by atoms with E-state index in [0.29, 0.717) is 57.1 Å². The average Bonchev–Trinajstić information content (AvgIpc) is 3.06. The maximum Gasteiger partial charge on any atom is 0.317 e. The number of carbonyl (C=O) groups excluding carboxylic acids is 1. The van der Waals surface area contributed by atoms with E-state index in [2.05, 4.69) is 10.5 Å². The van der Waals surface area contributed by atoms with E-state index in [0.717, 1.165) is 19.3 Å². The largest absolute Gasteiger partial charge is 0.381 e. The van der Waals surface area contributed by atoms with Gasteiger partial charge in [-0.2, -0.15) is 4.31 Å². The molecule has 2 saturated heterocycles. The lowest BCUT2D eigenvalue weighted by Gasteiger charge is -2.43. The van der Waals surface area contributed by atoms with Crippen molar-refractivity contribution in [3.63, 3.8) is 0 Å². The smallest absolute Gasteiger partial charge is 0.317 e. The van der Waals surface area contributed by atoms with Crippen LogP contribution in [-0.2, 0) is 14.8 Å². The number of ether oxygens (including phenoxy) is 1. The number of aryl methyl sites for hydroxylation is 2. The standard InChI is InChI=1S/C19H32N4O5S/c1-4-9-20-19(24)23(17-7-12-27-13-8-17)16-5-10-22(11-6-16)29(25,26)18-14(2)21-28-15(18)3/h16-17H,4-13H2,1-3H3,(H,20,24). The number of hydrogen-bond acceptors (Lipinski definition) is 6. The fourth-order valence-electron chi connectivity index (χ4n) is 4.25. The molecule has 0 bridgehead atoms. The third-order valence-electron chi connectivity index (χ3n) is 5.73. The number of amides is 2. The van der Waals surface area contributed by atoms with Crippen molar-refractivity contribution in [3.05, 3.63) is 11.5 Å². The normalized spacial score (nSPS) is 20.0. The summed E-state index contributed by atoms with van der Waals surface area (Å²) in [5.41, 5.74) is 0.382. The van der Waals surface area contributed by atoms with Crippen LogP contribution in [0.5, 0.6) is 0 Å². The van der Waals surface area contributed by atoms with Crippen LogP contribution in [0.2, 0.25) is 0 Å². The Morgan fingerprint density at radius 3 is 2.34 bits per heavy atom. The van der Waals surface area contributed by atoms with Gasteiger partial charge in [0, 0.05) is 44.9 Å². The molecule has 2 aliphatic rings. The van der Waals surface area contributed by atoms with Gasteiger partial charge in [0.1, 0.15) is 10.6 Å². The zero-order chi connectivity index (χ0) is 21.0. The van der Waals surface area contributed by atoms with Crippen LogP contribution < -0.4 is 5.32 Å². The summed E-state index contributed by atoms with van der Waals surface area (Å²) in [4.78, 5) is 15.0. The summed E-state index contributed by atoms with van der Waals surface area (Å²) in [6, 6.07) is 0.105. The minimum absolute atomic E-state index is 0.0195. The predicted octanol–water partition coefficient (Wildman–Crippen LogP) is 2.05. The molecule has 3 rings (SSSR count). The van der Waals surface area contributed by atoms with Gasteiger partial charge in [-0.05, 0) is 46.0 Å². The van der Waals surface area contributed by atoms with Gasteiger partial charge < -0.3 is 19.5 Å². The zero-order valence-electron chi connectivity index (χ0n) is 17.5. The molecule has 164 valence electrons. The van der Waals surface area contributed by atoms with E-state index in [1.165, 1.54) is 4.31 Å². The SMILES string of the molecule is CCCNC(=O)N(C1CCOCC1)C1CCN(S(=O)(=O)c2c(C)noc2C)CC1. The van der Waals surface area contributed by atoms with Crippen LogP contribution in [0.4, 0.5) is 4.79 Å². The molecule has 0 spiro atoms. The second-order valence-electron chi connectivity index (χ2n) is 7.77. The molecule has 3 heterocycles. The van der Waals surface area contributed by atoms with Crippen LogP contribution in [0.25, 0.3) is 0 Å². The molecule has 1 aromatic heterocycles. The third-order valence-corrected chi connectivity index (χ3v) is 7.87. The lowest BCUT2D eigenvalue weighted by Crippen LogP contribution is -2.56. The molecule has 0 atom stereocenters. The minimum atomic E-state index is -3.65. The number of aromatic nitrogens is 1. The third kappa shape index (κ3) is 4.75. The Hall–Kier alpha value is -1.65. The van der Waals surface area contributed by atoms with Gasteiger partial charge in [-0.15, -0.1) is 0 Å². The monoisotopic (exact) mass is 428 g/mol. The lowest BCUT2D eigenvalue weighted by molar-refractivity contribution is 0.0255. The van der Waals surface area contributed by atoms with E-state index < -0.39 is 10.0 Å². The first-order chi connectivity index (χ1) is 13.9. The molecular formula is C19H32N4O5S. The second kappa shape index (κ2) is 9.44. The van der Waals surface area contributed by atoms with Gasteiger partial charge in [0.2, 0.25) is 10.0 Å². The topological polar surface area (TPSA) is 105 Å². The number of sulfonamides is 1. The Morgan fingerprint density at radius 1 is 1.17 bits per heavy atom. The fourth-order valence-corrected chi connectivity index (χ4v) is 6.01. The van der Waals surface area contributed by atoms with E-state index in [9.17, 15) is 13.2 Å². The number of carbonyl (C=O) groups is 1. The van der Waals surface area contributed by atoms with Crippen molar-refractivity contribution in [2.45, 2.75) is 69.9 Å². The molecule has 9 nitrogen and oxygen atoms in total. The lowest BCUT2D eigenvalue weighted by atomic mass is 9.99. The predicted molar refractivity (Wildman–Crippen MR) is 107 cm³/mol. The van der Waals surface area contributed by atoms with Crippen LogP contribution >= 0.6 is 0 Å². The molecule has 29 heavy (non-hydrogen) atoms. The molecular weight excluding hydrogens is 396 g/mol. The zero-order valence-corrected chi connectivity index (χ0v) is 18.3. The molecule has 10 heteroatoms. The Bertz CT molecular complexity index is 776. The van der Waals surface area contributed by atoms with Crippen molar-refractivity contribution >= 4 is 16.1 Å². The van der Waals surface area contributed by atoms with Gasteiger partial charge >= 0.3 is 6.03 Å². The van der Waals surface area contributed by atoms with E-state index in [4.69, 9.17) is 9.26 Å². The first-order valence-corrected chi connectivity index (χ1v) is 11.9. The van der Waals surface area contributed by atoms with Gasteiger partial charge in [0.25, 0.3) is 0 Å². The van der Waals surface area contributed by atoms with Crippen molar-refractivity contribution in [1.29, 1.82) is 0 Å². The van der Waals surface area contributed by atoms with Crippen molar-refractivity contribution in [2.75, 3.05) is 32.8 Å². The summed E-state index contributed by atoms with van der Waals surface area (Å²) in [6.07, 6.45) is 3.73. The number of rotatable bonds is 6. The highest BCUT2D eigenvalue weighted by Crippen LogP contribution is 2.29. The van der Waals surface area contributed by atoms with Gasteiger partial charge in [0.15, 0.2) is 5.76 Å². The number of hydrogen-bond donors (Lipinski definition) is 1. The molecule has 2 aliphatic heterocycles. The molecule has 2 amide bonds. The molecule has 2 fully saturated rings. The van der Waals surface area contributed by atoms with Crippen LogP contribution in [0, 0.1) is 13.8 Å². The van der Waals surface area contributed by atoms with Gasteiger partial charge in [-0.25, -0.2) is 13.2 Å². The highest BCUT2D eigenvalue weighted by atomic mass is 32.2. The summed E-state index contributed by atoms with van der Waals surface area (Å²) in [6.45, 7) is 7.97. The molecule has 0 aromatic carbocycles. The highest BCUT2D eigenvalue weighted by Gasteiger charge is 2.38. The highest BCUT2D eigenvalue weighted by molar-refractivity contribution is 7.89. The van der Waals surface area contributed by atoms with Crippen LogP contribution in [0.15, 0.2) is 9.42 Å². The van der Waals surface area contributed by atoms with Gasteiger partial charge in [-0.3, -0.25) is 0 Å². The van der Waals surface area contributed by atoms with E-state index in [1.807, 2.05) is 11.8 Å². The molecule has 0 radical (unpaired) electrons. The van der Waals surface area contributed by atoms with Crippen molar-refractivity contribution in [3.8, 4) is 0 Å². The van der Waals surface area contributed by atoms with Gasteiger partial charge in [-0.1, -0.05) is 12.1 Å². The molecule has 1 N–H and O–H groups in total. The average molecular weight is 429 g/mol. The maximum atomic E-state index is 13.1. The van der Waals surface area contributed by atoms with Crippen molar-refractivity contribution < 1.29 is 22.5 Å². The van der Waals surface area contributed by atoms with Gasteiger partial charge in [0.05, 0.1) is 0 Å². The quantitative estimate of drug-likeness (QED) is 0.743. The fraction of sp³-hybridized carbons (Fsp3) is 0.789. The van der Waals surface area contributed by atoms with Crippen LogP contribution in [-0.4, -0.2) is 73.7 Å². The number of nitrogens with zero attached hydrogens (tertiary/aromatic N) is 3. The summed E-state index contributed by atoms with van der Waals surface area (Å²) >= 11 is 0. The minimum Gasteiger partial charge on any atom is -0.381 e. The summed E-state index contributed by atoms with van der Waals surface area (Å²) < 4.78 is 38.1. The molecule has 0 unspecified atom stereocenters. The number of nitrogens with one attached hydrogen (secondary N) is 1. The Labute approximate surface area is 172 Å². The summed E-state index contributed by atoms with van der Waals surface area (Å²) in [7, 11) is -3.65. The Morgan fingerprint density at radius 2 is 1.79 bits per heavy atom.